The van der Waals surface area contributed by atoms with Crippen molar-refractivity contribution in [3.63, 3.8) is 0 Å². The molecule has 2 aromatic carbocycles. The Hall–Kier alpha value is -2.60. The van der Waals surface area contributed by atoms with Crippen LogP contribution in [0.25, 0.3) is 0 Å². The molecular weight excluding hydrogens is 396 g/mol. The van der Waals surface area contributed by atoms with Crippen molar-refractivity contribution in [3.05, 3.63) is 54.1 Å². The molecule has 0 aliphatic carbocycles. The van der Waals surface area contributed by atoms with Gasteiger partial charge < -0.3 is 14.8 Å². The first-order chi connectivity index (χ1) is 14.6. The summed E-state index contributed by atoms with van der Waals surface area (Å²) >= 11 is 5.32. The van der Waals surface area contributed by atoms with Crippen LogP contribution in [0.2, 0.25) is 0 Å². The number of rotatable bonds is 12. The molecule has 0 unspecified atom stereocenters. The van der Waals surface area contributed by atoms with Crippen LogP contribution >= 0.6 is 12.2 Å². The molecular formula is C24H32N2O3S. The van der Waals surface area contributed by atoms with Gasteiger partial charge in [-0.2, -0.15) is 0 Å². The van der Waals surface area contributed by atoms with Gasteiger partial charge in [-0.3, -0.25) is 10.1 Å². The van der Waals surface area contributed by atoms with Crippen LogP contribution in [0.4, 0.5) is 5.69 Å². The van der Waals surface area contributed by atoms with Crippen molar-refractivity contribution >= 4 is 28.9 Å². The highest BCUT2D eigenvalue weighted by atomic mass is 32.1. The van der Waals surface area contributed by atoms with E-state index < -0.39 is 0 Å². The van der Waals surface area contributed by atoms with Crippen molar-refractivity contribution < 1.29 is 14.3 Å². The zero-order chi connectivity index (χ0) is 21.6. The molecule has 2 aromatic rings. The molecule has 0 heterocycles. The molecule has 1 amide bonds. The summed E-state index contributed by atoms with van der Waals surface area (Å²) in [7, 11) is 0. The molecule has 0 radical (unpaired) electrons. The minimum atomic E-state index is -0.303. The summed E-state index contributed by atoms with van der Waals surface area (Å²) in [6.45, 7) is 5.56. The van der Waals surface area contributed by atoms with E-state index in [1.165, 1.54) is 19.3 Å². The van der Waals surface area contributed by atoms with Crippen LogP contribution in [-0.4, -0.2) is 24.2 Å². The highest BCUT2D eigenvalue weighted by molar-refractivity contribution is 7.80. The van der Waals surface area contributed by atoms with Gasteiger partial charge in [-0.1, -0.05) is 57.7 Å². The Labute approximate surface area is 185 Å². The average molecular weight is 429 g/mol. The Balaban J connectivity index is 1.88. The van der Waals surface area contributed by atoms with Crippen LogP contribution in [0.5, 0.6) is 11.5 Å². The van der Waals surface area contributed by atoms with Gasteiger partial charge in [0.05, 0.1) is 18.8 Å². The number of amides is 1. The predicted octanol–water partition coefficient (Wildman–Crippen LogP) is 5.95. The largest absolute Gasteiger partial charge is 0.494 e. The number of hydrogen-bond acceptors (Lipinski definition) is 4. The van der Waals surface area contributed by atoms with E-state index in [0.29, 0.717) is 24.5 Å². The molecule has 6 heteroatoms. The molecule has 0 spiro atoms. The highest BCUT2D eigenvalue weighted by Crippen LogP contribution is 2.20. The number of hydrogen-bond donors (Lipinski definition) is 2. The fourth-order valence-electron chi connectivity index (χ4n) is 2.82. The van der Waals surface area contributed by atoms with Crippen LogP contribution < -0.4 is 20.1 Å². The predicted molar refractivity (Wildman–Crippen MR) is 127 cm³/mol. The number of benzene rings is 2. The molecule has 0 aliphatic rings. The summed E-state index contributed by atoms with van der Waals surface area (Å²) in [5.74, 6) is 1.04. The van der Waals surface area contributed by atoms with Gasteiger partial charge in [0.1, 0.15) is 11.5 Å². The highest BCUT2D eigenvalue weighted by Gasteiger charge is 2.13. The van der Waals surface area contributed by atoms with Crippen molar-refractivity contribution in [2.24, 2.45) is 0 Å². The molecule has 0 fully saturated rings. The van der Waals surface area contributed by atoms with Gasteiger partial charge in [-0.05, 0) is 49.3 Å². The number of nitrogens with one attached hydrogen (secondary N) is 2. The van der Waals surface area contributed by atoms with Crippen molar-refractivity contribution in [1.29, 1.82) is 0 Å². The maximum atomic E-state index is 12.7. The third kappa shape index (κ3) is 8.41. The molecule has 2 rings (SSSR count). The van der Waals surface area contributed by atoms with Crippen LogP contribution in [0.1, 0.15) is 62.7 Å². The lowest BCUT2D eigenvalue weighted by molar-refractivity contribution is 0.0973. The van der Waals surface area contributed by atoms with Crippen LogP contribution in [-0.2, 0) is 0 Å². The lowest BCUT2D eigenvalue weighted by Crippen LogP contribution is -2.34. The molecule has 0 aliphatic heterocycles. The second kappa shape index (κ2) is 13.6. The van der Waals surface area contributed by atoms with Crippen molar-refractivity contribution in [2.75, 3.05) is 18.5 Å². The maximum absolute atomic E-state index is 12.7. The Kier molecular flexibility index (Phi) is 10.7. The normalized spacial score (nSPS) is 10.3. The lowest BCUT2D eigenvalue weighted by Gasteiger charge is -2.13. The van der Waals surface area contributed by atoms with Crippen LogP contribution in [0.3, 0.4) is 0 Å². The quantitative estimate of drug-likeness (QED) is 0.323. The zero-order valence-electron chi connectivity index (χ0n) is 17.9. The molecule has 0 bridgehead atoms. The van der Waals surface area contributed by atoms with E-state index >= 15 is 0 Å². The number of carbonyl (C=O) groups excluding carboxylic acids is 1. The van der Waals surface area contributed by atoms with Gasteiger partial charge in [0.25, 0.3) is 5.91 Å². The summed E-state index contributed by atoms with van der Waals surface area (Å²) in [6, 6.07) is 14.7. The first-order valence-corrected chi connectivity index (χ1v) is 11.1. The third-order valence-corrected chi connectivity index (χ3v) is 4.68. The number of para-hydroxylation sites is 1. The van der Waals surface area contributed by atoms with Gasteiger partial charge in [-0.25, -0.2) is 0 Å². The zero-order valence-corrected chi connectivity index (χ0v) is 18.7. The van der Waals surface area contributed by atoms with Gasteiger partial charge in [-0.15, -0.1) is 0 Å². The summed E-state index contributed by atoms with van der Waals surface area (Å²) in [4.78, 5) is 12.7. The van der Waals surface area contributed by atoms with Crippen LogP contribution in [0, 0.1) is 0 Å². The SMILES string of the molecule is CCCCCCOc1cccc(NC(=S)NC(=O)c2ccccc2OCCCC)c1. The molecule has 2 N–H and O–H groups in total. The van der Waals surface area contributed by atoms with Gasteiger partial charge >= 0.3 is 0 Å². The van der Waals surface area contributed by atoms with E-state index in [0.717, 1.165) is 30.7 Å². The summed E-state index contributed by atoms with van der Waals surface area (Å²) in [6.07, 6.45) is 6.62. The standard InChI is InChI=1S/C24H32N2O3S/c1-3-5-7-10-17-28-20-13-11-12-19(18-20)25-24(30)26-23(27)21-14-8-9-15-22(21)29-16-6-4-2/h8-9,11-15,18H,3-7,10,16-17H2,1-2H3,(H2,25,26,27,30). The first kappa shape index (κ1) is 23.7. The molecule has 0 aromatic heterocycles. The molecule has 0 saturated carbocycles. The number of ether oxygens (including phenoxy) is 2. The third-order valence-electron chi connectivity index (χ3n) is 4.47. The second-order valence-electron chi connectivity index (χ2n) is 7.04. The fraction of sp³-hybridized carbons (Fsp3) is 0.417. The second-order valence-corrected chi connectivity index (χ2v) is 7.45. The topological polar surface area (TPSA) is 59.6 Å². The maximum Gasteiger partial charge on any atom is 0.261 e. The smallest absolute Gasteiger partial charge is 0.261 e. The minimum absolute atomic E-state index is 0.225. The molecule has 162 valence electrons. The fourth-order valence-corrected chi connectivity index (χ4v) is 3.03. The summed E-state index contributed by atoms with van der Waals surface area (Å²) < 4.78 is 11.5. The van der Waals surface area contributed by atoms with E-state index in [4.69, 9.17) is 21.7 Å². The Bertz CT molecular complexity index is 811. The van der Waals surface area contributed by atoms with Crippen molar-refractivity contribution in [3.8, 4) is 11.5 Å². The molecule has 5 nitrogen and oxygen atoms in total. The monoisotopic (exact) mass is 428 g/mol. The van der Waals surface area contributed by atoms with E-state index in [1.54, 1.807) is 18.2 Å². The Morgan fingerprint density at radius 3 is 2.47 bits per heavy atom. The van der Waals surface area contributed by atoms with E-state index in [9.17, 15) is 4.79 Å². The molecule has 0 saturated heterocycles. The first-order valence-electron chi connectivity index (χ1n) is 10.7. The number of unbranched alkanes of at least 4 members (excludes halogenated alkanes) is 4. The summed E-state index contributed by atoms with van der Waals surface area (Å²) in [5.41, 5.74) is 1.22. The lowest BCUT2D eigenvalue weighted by atomic mass is 10.2. The van der Waals surface area contributed by atoms with Gasteiger partial charge in [0.15, 0.2) is 5.11 Å². The van der Waals surface area contributed by atoms with E-state index in [2.05, 4.69) is 24.5 Å². The van der Waals surface area contributed by atoms with Crippen molar-refractivity contribution in [2.45, 2.75) is 52.4 Å². The number of carbonyl (C=O) groups is 1. The van der Waals surface area contributed by atoms with Gasteiger partial charge in [0.2, 0.25) is 0 Å². The van der Waals surface area contributed by atoms with Crippen LogP contribution in [0.15, 0.2) is 48.5 Å². The van der Waals surface area contributed by atoms with E-state index in [1.807, 2.05) is 30.3 Å². The molecule has 0 atom stereocenters. The van der Waals surface area contributed by atoms with Crippen molar-refractivity contribution in [1.82, 2.24) is 5.32 Å². The van der Waals surface area contributed by atoms with E-state index in [-0.39, 0.29) is 11.0 Å². The summed E-state index contributed by atoms with van der Waals surface area (Å²) in [5, 5.41) is 5.99. The number of anilines is 1. The minimum Gasteiger partial charge on any atom is -0.494 e. The molecule has 30 heavy (non-hydrogen) atoms. The number of thiocarbonyl (C=S) groups is 1. The average Bonchev–Trinajstić information content (AvgIpc) is 2.74. The van der Waals surface area contributed by atoms with Gasteiger partial charge in [0, 0.05) is 11.8 Å². The Morgan fingerprint density at radius 2 is 1.67 bits per heavy atom. The Morgan fingerprint density at radius 1 is 0.900 bits per heavy atom.